The summed E-state index contributed by atoms with van der Waals surface area (Å²) in [5.41, 5.74) is 3.02. The van der Waals surface area contributed by atoms with Crippen molar-refractivity contribution in [2.24, 2.45) is 0 Å². The standard InChI is InChI=1S/C23H31ClN4O4S/c1-5-15(6-2)26-23(13-33(29,30)31)18-8-7-9-20(18)25-22-21(14(3)27-28(22)23)17-11-10-16(32-4)12-19(17)24/h10-12,15,25-26H,5-9,13H2,1-4H3,(H,29,30,31). The first-order valence-corrected chi connectivity index (χ1v) is 13.3. The molecule has 1 unspecified atom stereocenters. The lowest BCUT2D eigenvalue weighted by Crippen LogP contribution is -2.59. The molecule has 3 N–H and O–H groups in total. The first-order chi connectivity index (χ1) is 15.6. The number of ether oxygens (including phenoxy) is 1. The minimum absolute atomic E-state index is 0.0459. The molecule has 2 heterocycles. The molecule has 0 amide bonds. The van der Waals surface area contributed by atoms with Gasteiger partial charge in [0.25, 0.3) is 10.1 Å². The van der Waals surface area contributed by atoms with E-state index in [2.05, 4.69) is 24.5 Å². The topological polar surface area (TPSA) is 105 Å². The lowest BCUT2D eigenvalue weighted by Gasteiger charge is -2.43. The zero-order chi connectivity index (χ0) is 24.0. The van der Waals surface area contributed by atoms with Crippen molar-refractivity contribution in [2.45, 2.75) is 64.6 Å². The molecule has 1 aromatic carbocycles. The van der Waals surface area contributed by atoms with Gasteiger partial charge < -0.3 is 10.1 Å². The second-order valence-corrected chi connectivity index (χ2v) is 10.6. The van der Waals surface area contributed by atoms with E-state index in [4.69, 9.17) is 21.4 Å². The van der Waals surface area contributed by atoms with Crippen LogP contribution in [0, 0.1) is 6.92 Å². The van der Waals surface area contributed by atoms with Crippen LogP contribution in [0.1, 0.15) is 51.6 Å². The van der Waals surface area contributed by atoms with E-state index < -0.39 is 21.5 Å². The second-order valence-electron chi connectivity index (χ2n) is 8.75. The molecule has 0 fully saturated rings. The van der Waals surface area contributed by atoms with Gasteiger partial charge in [0.2, 0.25) is 0 Å². The SMILES string of the molecule is CCC(CC)NC1(CS(=O)(=O)O)C2=C(CCC2)Nc2c(-c3ccc(OC)cc3Cl)c(C)nn21. The molecule has 4 rings (SSSR count). The van der Waals surface area contributed by atoms with E-state index in [0.717, 1.165) is 54.5 Å². The van der Waals surface area contributed by atoms with Crippen LogP contribution in [0.3, 0.4) is 0 Å². The quantitative estimate of drug-likeness (QED) is 0.456. The van der Waals surface area contributed by atoms with Gasteiger partial charge >= 0.3 is 0 Å². The van der Waals surface area contributed by atoms with Crippen molar-refractivity contribution in [2.75, 3.05) is 18.2 Å². The maximum atomic E-state index is 12.3. The molecule has 1 aliphatic carbocycles. The predicted octanol–water partition coefficient (Wildman–Crippen LogP) is 4.70. The van der Waals surface area contributed by atoms with Crippen molar-refractivity contribution in [1.29, 1.82) is 0 Å². The highest BCUT2D eigenvalue weighted by molar-refractivity contribution is 7.85. The Hall–Kier alpha value is -2.07. The normalized spacial score (nSPS) is 20.1. The van der Waals surface area contributed by atoms with Gasteiger partial charge in [0.1, 0.15) is 17.3 Å². The van der Waals surface area contributed by atoms with Gasteiger partial charge in [-0.05, 0) is 62.8 Å². The molecule has 0 saturated heterocycles. The highest BCUT2D eigenvalue weighted by Crippen LogP contribution is 2.48. The number of methoxy groups -OCH3 is 1. The average molecular weight is 495 g/mol. The molecule has 0 saturated carbocycles. The number of anilines is 1. The summed E-state index contributed by atoms with van der Waals surface area (Å²) < 4.78 is 41.7. The van der Waals surface area contributed by atoms with E-state index in [1.54, 1.807) is 17.9 Å². The number of nitrogens with one attached hydrogen (secondary N) is 2. The molecule has 33 heavy (non-hydrogen) atoms. The van der Waals surface area contributed by atoms with Crippen LogP contribution < -0.4 is 15.4 Å². The number of aromatic nitrogens is 2. The summed E-state index contributed by atoms with van der Waals surface area (Å²) in [6.45, 7) is 6.00. The first kappa shape index (κ1) is 24.1. The van der Waals surface area contributed by atoms with Crippen LogP contribution in [0.25, 0.3) is 11.1 Å². The van der Waals surface area contributed by atoms with Crippen molar-refractivity contribution in [3.63, 3.8) is 0 Å². The fourth-order valence-electron chi connectivity index (χ4n) is 5.11. The largest absolute Gasteiger partial charge is 0.497 e. The number of allylic oxidation sites excluding steroid dienone is 1. The van der Waals surface area contributed by atoms with Crippen LogP contribution in [0.4, 0.5) is 5.82 Å². The van der Waals surface area contributed by atoms with E-state index >= 15 is 0 Å². The Morgan fingerprint density at radius 2 is 2.06 bits per heavy atom. The Morgan fingerprint density at radius 3 is 2.67 bits per heavy atom. The third-order valence-corrected chi connectivity index (χ3v) is 7.77. The smallest absolute Gasteiger partial charge is 0.268 e. The number of halogens is 1. The van der Waals surface area contributed by atoms with E-state index in [9.17, 15) is 13.0 Å². The van der Waals surface area contributed by atoms with Crippen LogP contribution in [0.5, 0.6) is 5.75 Å². The summed E-state index contributed by atoms with van der Waals surface area (Å²) in [6, 6.07) is 5.51. The monoisotopic (exact) mass is 494 g/mol. The van der Waals surface area contributed by atoms with E-state index in [-0.39, 0.29) is 6.04 Å². The highest BCUT2D eigenvalue weighted by Gasteiger charge is 2.49. The van der Waals surface area contributed by atoms with Crippen LogP contribution in [0.2, 0.25) is 5.02 Å². The van der Waals surface area contributed by atoms with Crippen LogP contribution in [0.15, 0.2) is 29.5 Å². The van der Waals surface area contributed by atoms with Gasteiger partial charge in [-0.1, -0.05) is 25.4 Å². The molecule has 10 heteroatoms. The molecular formula is C23H31ClN4O4S. The molecule has 1 aromatic heterocycles. The minimum atomic E-state index is -4.34. The van der Waals surface area contributed by atoms with Crippen molar-refractivity contribution < 1.29 is 17.7 Å². The second kappa shape index (κ2) is 8.94. The molecule has 2 aromatic rings. The fraction of sp³-hybridized carbons (Fsp3) is 0.522. The number of hydrogen-bond acceptors (Lipinski definition) is 6. The third-order valence-electron chi connectivity index (χ3n) is 6.67. The lowest BCUT2D eigenvalue weighted by molar-refractivity contribution is 0.223. The van der Waals surface area contributed by atoms with Crippen molar-refractivity contribution >= 4 is 27.5 Å². The maximum absolute atomic E-state index is 12.3. The van der Waals surface area contributed by atoms with E-state index in [1.165, 1.54) is 0 Å². The molecular weight excluding hydrogens is 464 g/mol. The number of nitrogens with zero attached hydrogens (tertiary/aromatic N) is 2. The van der Waals surface area contributed by atoms with Gasteiger partial charge in [-0.25, -0.2) is 4.68 Å². The average Bonchev–Trinajstić information content (AvgIpc) is 3.36. The minimum Gasteiger partial charge on any atom is -0.497 e. The zero-order valence-electron chi connectivity index (χ0n) is 19.4. The molecule has 1 aliphatic heterocycles. The molecule has 1 atom stereocenters. The molecule has 0 bridgehead atoms. The highest BCUT2D eigenvalue weighted by atomic mass is 35.5. The Balaban J connectivity index is 1.97. The Bertz CT molecular complexity index is 1200. The van der Waals surface area contributed by atoms with Gasteiger partial charge in [-0.15, -0.1) is 0 Å². The van der Waals surface area contributed by atoms with Crippen LogP contribution >= 0.6 is 11.6 Å². The van der Waals surface area contributed by atoms with Crippen LogP contribution in [-0.2, 0) is 15.8 Å². The Morgan fingerprint density at radius 1 is 1.33 bits per heavy atom. The summed E-state index contributed by atoms with van der Waals surface area (Å²) in [6.07, 6.45) is 4.05. The predicted molar refractivity (Wildman–Crippen MR) is 130 cm³/mol. The zero-order valence-corrected chi connectivity index (χ0v) is 21.0. The number of aryl methyl sites for hydroxylation is 1. The van der Waals surface area contributed by atoms with Crippen LogP contribution in [-0.4, -0.2) is 41.7 Å². The Kier molecular flexibility index (Phi) is 6.52. The summed E-state index contributed by atoms with van der Waals surface area (Å²) in [5.74, 6) is 0.815. The summed E-state index contributed by atoms with van der Waals surface area (Å²) in [7, 11) is -2.75. The Labute approximate surface area is 200 Å². The van der Waals surface area contributed by atoms with Gasteiger partial charge in [-0.3, -0.25) is 9.87 Å². The molecule has 8 nitrogen and oxygen atoms in total. The van der Waals surface area contributed by atoms with Crippen molar-refractivity contribution in [3.8, 4) is 16.9 Å². The van der Waals surface area contributed by atoms with E-state index in [0.29, 0.717) is 22.3 Å². The third kappa shape index (κ3) is 4.27. The summed E-state index contributed by atoms with van der Waals surface area (Å²) in [4.78, 5) is 0. The number of benzene rings is 1. The maximum Gasteiger partial charge on any atom is 0.268 e. The van der Waals surface area contributed by atoms with Gasteiger partial charge in [-0.2, -0.15) is 13.5 Å². The molecule has 0 spiro atoms. The first-order valence-electron chi connectivity index (χ1n) is 11.3. The molecule has 2 aliphatic rings. The summed E-state index contributed by atoms with van der Waals surface area (Å²) in [5, 5.41) is 12.4. The van der Waals surface area contributed by atoms with E-state index in [1.807, 2.05) is 19.1 Å². The molecule has 0 radical (unpaired) electrons. The van der Waals surface area contributed by atoms with Gasteiger partial charge in [0.15, 0.2) is 5.66 Å². The van der Waals surface area contributed by atoms with Crippen molar-refractivity contribution in [1.82, 2.24) is 15.1 Å². The van der Waals surface area contributed by atoms with Crippen molar-refractivity contribution in [3.05, 3.63) is 40.2 Å². The molecule has 180 valence electrons. The number of rotatable bonds is 8. The number of fused-ring (bicyclic) bond motifs is 1. The fourth-order valence-corrected chi connectivity index (χ4v) is 6.28. The lowest BCUT2D eigenvalue weighted by atomic mass is 9.94. The number of hydrogen-bond donors (Lipinski definition) is 3. The summed E-state index contributed by atoms with van der Waals surface area (Å²) >= 11 is 6.62. The van der Waals surface area contributed by atoms with Gasteiger partial charge in [0, 0.05) is 22.9 Å². The van der Waals surface area contributed by atoms with Gasteiger partial charge in [0.05, 0.1) is 17.8 Å².